The monoisotopic (exact) mass is 267 g/mol. The number of nitrogens with zero attached hydrogens (tertiary/aromatic N) is 3. The van der Waals surface area contributed by atoms with Crippen LogP contribution in [0.5, 0.6) is 0 Å². The molecular formula is C14H13N5O. The SMILES string of the molecule is Cn1ccc(C(=O)N/N=C\c2c[nH]c3ccccc23)n1. The van der Waals surface area contributed by atoms with Crippen LogP contribution in [0.2, 0.25) is 0 Å². The maximum atomic E-state index is 11.7. The summed E-state index contributed by atoms with van der Waals surface area (Å²) in [5.74, 6) is -0.332. The molecule has 0 spiro atoms. The molecule has 0 unspecified atom stereocenters. The number of carbonyl (C=O) groups is 1. The standard InChI is InChI=1S/C14H13N5O/c1-19-7-6-13(18-19)14(20)17-16-9-10-8-15-12-5-3-2-4-11(10)12/h2-9,15H,1H3,(H,17,20)/b16-9-. The van der Waals surface area contributed by atoms with Gasteiger partial charge in [0.15, 0.2) is 5.69 Å². The zero-order valence-corrected chi connectivity index (χ0v) is 10.9. The average Bonchev–Trinajstić information content (AvgIpc) is 3.06. The second kappa shape index (κ2) is 5.00. The zero-order chi connectivity index (χ0) is 13.9. The number of carbonyl (C=O) groups excluding carboxylic acids is 1. The van der Waals surface area contributed by atoms with Crippen molar-refractivity contribution in [3.63, 3.8) is 0 Å². The van der Waals surface area contributed by atoms with E-state index >= 15 is 0 Å². The Balaban J connectivity index is 1.73. The Labute approximate surface area is 115 Å². The molecule has 0 bridgehead atoms. The highest BCUT2D eigenvalue weighted by molar-refractivity contribution is 5.99. The molecule has 1 aromatic carbocycles. The summed E-state index contributed by atoms with van der Waals surface area (Å²) in [5.41, 5.74) is 4.74. The predicted molar refractivity (Wildman–Crippen MR) is 76.6 cm³/mol. The highest BCUT2D eigenvalue weighted by atomic mass is 16.2. The molecule has 0 aliphatic heterocycles. The minimum absolute atomic E-state index is 0.332. The summed E-state index contributed by atoms with van der Waals surface area (Å²) < 4.78 is 1.57. The van der Waals surface area contributed by atoms with Crippen molar-refractivity contribution in [1.29, 1.82) is 0 Å². The first-order valence-electron chi connectivity index (χ1n) is 6.13. The Morgan fingerprint density at radius 1 is 1.40 bits per heavy atom. The van der Waals surface area contributed by atoms with Crippen LogP contribution in [-0.2, 0) is 7.05 Å². The first-order valence-corrected chi connectivity index (χ1v) is 6.13. The summed E-state index contributed by atoms with van der Waals surface area (Å²) in [6.07, 6.45) is 5.17. The molecule has 1 amide bonds. The van der Waals surface area contributed by atoms with E-state index in [1.165, 1.54) is 0 Å². The molecule has 0 aliphatic rings. The Kier molecular flexibility index (Phi) is 3.04. The highest BCUT2D eigenvalue weighted by Gasteiger charge is 2.07. The number of rotatable bonds is 3. The molecule has 0 radical (unpaired) electrons. The molecule has 3 aromatic rings. The van der Waals surface area contributed by atoms with Gasteiger partial charge in [0.25, 0.3) is 5.91 Å². The largest absolute Gasteiger partial charge is 0.361 e. The predicted octanol–water partition coefficient (Wildman–Crippen LogP) is 1.67. The summed E-state index contributed by atoms with van der Waals surface area (Å²) in [4.78, 5) is 14.9. The van der Waals surface area contributed by atoms with Crippen molar-refractivity contribution in [3.05, 3.63) is 54.0 Å². The van der Waals surface area contributed by atoms with E-state index in [0.29, 0.717) is 5.69 Å². The number of aryl methyl sites for hydroxylation is 1. The van der Waals surface area contributed by atoms with E-state index < -0.39 is 0 Å². The van der Waals surface area contributed by atoms with Crippen LogP contribution in [0.25, 0.3) is 10.9 Å². The van der Waals surface area contributed by atoms with Gasteiger partial charge in [0.1, 0.15) is 0 Å². The molecule has 20 heavy (non-hydrogen) atoms. The van der Waals surface area contributed by atoms with Crippen molar-refractivity contribution in [2.75, 3.05) is 0 Å². The molecule has 6 heteroatoms. The summed E-state index contributed by atoms with van der Waals surface area (Å²) in [6.45, 7) is 0. The first-order chi connectivity index (χ1) is 9.74. The normalized spacial score (nSPS) is 11.2. The van der Waals surface area contributed by atoms with E-state index in [0.717, 1.165) is 16.5 Å². The molecule has 2 N–H and O–H groups in total. The quantitative estimate of drug-likeness (QED) is 0.559. The third kappa shape index (κ3) is 2.31. The van der Waals surface area contributed by atoms with Crippen LogP contribution in [0.3, 0.4) is 0 Å². The minimum Gasteiger partial charge on any atom is -0.361 e. The first kappa shape index (κ1) is 12.2. The van der Waals surface area contributed by atoms with Gasteiger partial charge in [-0.2, -0.15) is 10.2 Å². The number of H-pyrrole nitrogens is 1. The molecule has 100 valence electrons. The minimum atomic E-state index is -0.332. The number of benzene rings is 1. The molecule has 6 nitrogen and oxygen atoms in total. The van der Waals surface area contributed by atoms with Gasteiger partial charge in [0.2, 0.25) is 0 Å². The maximum Gasteiger partial charge on any atom is 0.291 e. The summed E-state index contributed by atoms with van der Waals surface area (Å²) in [7, 11) is 1.76. The lowest BCUT2D eigenvalue weighted by Gasteiger charge is -1.95. The topological polar surface area (TPSA) is 75.1 Å². The second-order valence-electron chi connectivity index (χ2n) is 4.36. The molecule has 0 aliphatic carbocycles. The summed E-state index contributed by atoms with van der Waals surface area (Å²) in [5, 5.41) is 9.02. The number of nitrogens with one attached hydrogen (secondary N) is 2. The molecular weight excluding hydrogens is 254 g/mol. The average molecular weight is 267 g/mol. The van der Waals surface area contributed by atoms with Gasteiger partial charge in [-0.1, -0.05) is 18.2 Å². The number of hydrazone groups is 1. The van der Waals surface area contributed by atoms with Gasteiger partial charge in [-0.05, 0) is 12.1 Å². The van der Waals surface area contributed by atoms with Crippen LogP contribution < -0.4 is 5.43 Å². The van der Waals surface area contributed by atoms with Crippen LogP contribution in [0.4, 0.5) is 0 Å². The molecule has 2 aromatic heterocycles. The molecule has 0 saturated heterocycles. The third-order valence-electron chi connectivity index (χ3n) is 2.94. The van der Waals surface area contributed by atoms with E-state index in [4.69, 9.17) is 0 Å². The van der Waals surface area contributed by atoms with Crippen molar-refractivity contribution in [1.82, 2.24) is 20.2 Å². The molecule has 3 rings (SSSR count). The van der Waals surface area contributed by atoms with Gasteiger partial charge in [0.05, 0.1) is 6.21 Å². The number of hydrogen-bond donors (Lipinski definition) is 2. The van der Waals surface area contributed by atoms with Crippen LogP contribution >= 0.6 is 0 Å². The Morgan fingerprint density at radius 3 is 3.05 bits per heavy atom. The lowest BCUT2D eigenvalue weighted by atomic mass is 10.2. The number of para-hydroxylation sites is 1. The fourth-order valence-corrected chi connectivity index (χ4v) is 1.95. The van der Waals surface area contributed by atoms with E-state index in [2.05, 4.69) is 20.6 Å². The van der Waals surface area contributed by atoms with Crippen molar-refractivity contribution >= 4 is 23.0 Å². The molecule has 2 heterocycles. The lowest BCUT2D eigenvalue weighted by Crippen LogP contribution is -2.18. The second-order valence-corrected chi connectivity index (χ2v) is 4.36. The van der Waals surface area contributed by atoms with Crippen molar-refractivity contribution in [2.45, 2.75) is 0 Å². The van der Waals surface area contributed by atoms with Crippen LogP contribution in [-0.4, -0.2) is 26.9 Å². The van der Waals surface area contributed by atoms with Gasteiger partial charge in [-0.3, -0.25) is 9.48 Å². The Morgan fingerprint density at radius 2 is 2.25 bits per heavy atom. The summed E-state index contributed by atoms with van der Waals surface area (Å²) >= 11 is 0. The van der Waals surface area contributed by atoms with E-state index in [1.54, 1.807) is 30.2 Å². The number of aromatic nitrogens is 3. The highest BCUT2D eigenvalue weighted by Crippen LogP contribution is 2.15. The van der Waals surface area contributed by atoms with Crippen molar-refractivity contribution in [3.8, 4) is 0 Å². The molecule has 0 fully saturated rings. The van der Waals surface area contributed by atoms with Crippen LogP contribution in [0, 0.1) is 0 Å². The maximum absolute atomic E-state index is 11.7. The molecule has 0 atom stereocenters. The zero-order valence-electron chi connectivity index (χ0n) is 10.9. The number of aromatic amines is 1. The van der Waals surface area contributed by atoms with E-state index in [-0.39, 0.29) is 5.91 Å². The van der Waals surface area contributed by atoms with Crippen LogP contribution in [0.1, 0.15) is 16.1 Å². The van der Waals surface area contributed by atoms with Gasteiger partial charge < -0.3 is 4.98 Å². The fourth-order valence-electron chi connectivity index (χ4n) is 1.95. The lowest BCUT2D eigenvalue weighted by molar-refractivity contribution is 0.0949. The number of amides is 1. The van der Waals surface area contributed by atoms with Gasteiger partial charge in [-0.25, -0.2) is 5.43 Å². The van der Waals surface area contributed by atoms with Crippen LogP contribution in [0.15, 0.2) is 47.8 Å². The summed E-state index contributed by atoms with van der Waals surface area (Å²) in [6, 6.07) is 9.53. The van der Waals surface area contributed by atoms with E-state index in [1.807, 2.05) is 30.5 Å². The third-order valence-corrected chi connectivity index (χ3v) is 2.94. The smallest absolute Gasteiger partial charge is 0.291 e. The number of hydrogen-bond acceptors (Lipinski definition) is 3. The van der Waals surface area contributed by atoms with E-state index in [9.17, 15) is 4.79 Å². The van der Waals surface area contributed by atoms with Crippen molar-refractivity contribution < 1.29 is 4.79 Å². The van der Waals surface area contributed by atoms with Gasteiger partial charge in [-0.15, -0.1) is 0 Å². The number of fused-ring (bicyclic) bond motifs is 1. The van der Waals surface area contributed by atoms with Crippen molar-refractivity contribution in [2.24, 2.45) is 12.1 Å². The van der Waals surface area contributed by atoms with Gasteiger partial charge in [0, 0.05) is 35.9 Å². The Hall–Kier alpha value is -2.89. The molecule has 0 saturated carbocycles. The Bertz CT molecular complexity index is 784. The fraction of sp³-hybridized carbons (Fsp3) is 0.0714. The van der Waals surface area contributed by atoms with Gasteiger partial charge >= 0.3 is 0 Å².